The molecule has 0 saturated heterocycles. The Hall–Kier alpha value is -1.79. The molecule has 2 aromatic rings. The standard InChI is InChI=1S/C18H22F2N2OS/c1-3-22(4-2)16(14-10-11-24-13-14)12-21-17(23)18(19,20)15-8-6-5-7-9-15/h5-11,13,16H,3-4,12H2,1-2H3,(H,21,23)/t16-/m1/s1. The maximum absolute atomic E-state index is 14.3. The van der Waals surface area contributed by atoms with E-state index in [2.05, 4.69) is 10.2 Å². The Labute approximate surface area is 145 Å². The van der Waals surface area contributed by atoms with E-state index in [1.807, 2.05) is 30.7 Å². The van der Waals surface area contributed by atoms with Crippen molar-refractivity contribution >= 4 is 17.2 Å². The van der Waals surface area contributed by atoms with E-state index in [0.29, 0.717) is 0 Å². The highest BCUT2D eigenvalue weighted by Gasteiger charge is 2.40. The van der Waals surface area contributed by atoms with Gasteiger partial charge in [0.2, 0.25) is 0 Å². The van der Waals surface area contributed by atoms with Gasteiger partial charge in [0.15, 0.2) is 0 Å². The minimum Gasteiger partial charge on any atom is -0.349 e. The summed E-state index contributed by atoms with van der Waals surface area (Å²) in [5.41, 5.74) is 0.740. The number of likely N-dealkylation sites (N-methyl/N-ethyl adjacent to an activating group) is 1. The second kappa shape index (κ2) is 8.35. The Morgan fingerprint density at radius 3 is 2.42 bits per heavy atom. The molecule has 1 amide bonds. The van der Waals surface area contributed by atoms with Crippen molar-refractivity contribution in [1.82, 2.24) is 10.2 Å². The van der Waals surface area contributed by atoms with Gasteiger partial charge in [-0.2, -0.15) is 20.1 Å². The summed E-state index contributed by atoms with van der Waals surface area (Å²) in [5.74, 6) is -4.80. The molecule has 3 nitrogen and oxygen atoms in total. The summed E-state index contributed by atoms with van der Waals surface area (Å²) in [6.45, 7) is 5.75. The predicted octanol–water partition coefficient (Wildman–Crippen LogP) is 4.04. The molecule has 1 atom stereocenters. The molecule has 1 N–H and O–H groups in total. The van der Waals surface area contributed by atoms with Crippen LogP contribution in [-0.4, -0.2) is 30.4 Å². The Balaban J connectivity index is 2.10. The lowest BCUT2D eigenvalue weighted by Gasteiger charge is -2.30. The van der Waals surface area contributed by atoms with Crippen molar-refractivity contribution in [2.75, 3.05) is 19.6 Å². The van der Waals surface area contributed by atoms with Gasteiger partial charge in [-0.3, -0.25) is 9.69 Å². The van der Waals surface area contributed by atoms with E-state index in [-0.39, 0.29) is 18.2 Å². The lowest BCUT2D eigenvalue weighted by molar-refractivity contribution is -0.147. The highest BCUT2D eigenvalue weighted by molar-refractivity contribution is 7.07. The molecule has 0 spiro atoms. The predicted molar refractivity (Wildman–Crippen MR) is 93.3 cm³/mol. The summed E-state index contributed by atoms with van der Waals surface area (Å²) in [7, 11) is 0. The monoisotopic (exact) mass is 352 g/mol. The van der Waals surface area contributed by atoms with Gasteiger partial charge in [-0.25, -0.2) is 0 Å². The Morgan fingerprint density at radius 1 is 1.21 bits per heavy atom. The van der Waals surface area contributed by atoms with Crippen LogP contribution < -0.4 is 5.32 Å². The number of carbonyl (C=O) groups excluding carboxylic acids is 1. The van der Waals surface area contributed by atoms with Crippen molar-refractivity contribution < 1.29 is 13.6 Å². The number of nitrogens with zero attached hydrogens (tertiary/aromatic N) is 1. The van der Waals surface area contributed by atoms with E-state index < -0.39 is 11.8 Å². The third kappa shape index (κ3) is 4.19. The number of halogens is 2. The molecule has 0 aliphatic heterocycles. The third-order valence-electron chi connectivity index (χ3n) is 4.06. The number of hydrogen-bond acceptors (Lipinski definition) is 3. The van der Waals surface area contributed by atoms with Crippen molar-refractivity contribution in [2.24, 2.45) is 0 Å². The van der Waals surface area contributed by atoms with Gasteiger partial charge in [0.25, 0.3) is 5.91 Å². The van der Waals surface area contributed by atoms with Gasteiger partial charge < -0.3 is 5.32 Å². The van der Waals surface area contributed by atoms with Crippen molar-refractivity contribution in [1.29, 1.82) is 0 Å². The first-order chi connectivity index (χ1) is 11.5. The molecule has 0 saturated carbocycles. The molecule has 6 heteroatoms. The smallest absolute Gasteiger partial charge is 0.349 e. The quantitative estimate of drug-likeness (QED) is 0.778. The number of benzene rings is 1. The van der Waals surface area contributed by atoms with Crippen molar-refractivity contribution in [3.8, 4) is 0 Å². The zero-order chi connectivity index (χ0) is 17.6. The van der Waals surface area contributed by atoms with Gasteiger partial charge in [0.05, 0.1) is 6.04 Å². The summed E-state index contributed by atoms with van der Waals surface area (Å²) >= 11 is 1.56. The Bertz CT molecular complexity index is 628. The fraction of sp³-hybridized carbons (Fsp3) is 0.389. The molecule has 24 heavy (non-hydrogen) atoms. The zero-order valence-corrected chi connectivity index (χ0v) is 14.7. The molecule has 1 heterocycles. The maximum atomic E-state index is 14.3. The topological polar surface area (TPSA) is 32.3 Å². The Morgan fingerprint density at radius 2 is 1.88 bits per heavy atom. The van der Waals surface area contributed by atoms with Crippen LogP contribution in [0.1, 0.15) is 31.0 Å². The fourth-order valence-electron chi connectivity index (χ4n) is 2.67. The van der Waals surface area contributed by atoms with Crippen LogP contribution in [0.2, 0.25) is 0 Å². The van der Waals surface area contributed by atoms with Gasteiger partial charge in [0.1, 0.15) is 0 Å². The number of rotatable bonds is 8. The van der Waals surface area contributed by atoms with Crippen LogP contribution >= 0.6 is 11.3 Å². The summed E-state index contributed by atoms with van der Waals surface area (Å²) in [6, 6.07) is 9.03. The molecular formula is C18H22F2N2OS. The van der Waals surface area contributed by atoms with Crippen molar-refractivity contribution in [3.05, 3.63) is 58.3 Å². The number of thiophene rings is 1. The average molecular weight is 352 g/mol. The van der Waals surface area contributed by atoms with Crippen LogP contribution in [-0.2, 0) is 10.7 Å². The largest absolute Gasteiger partial charge is 0.349 e. The summed E-state index contributed by atoms with van der Waals surface area (Å²) in [5, 5.41) is 6.37. The van der Waals surface area contributed by atoms with Crippen molar-refractivity contribution in [2.45, 2.75) is 25.8 Å². The molecular weight excluding hydrogens is 330 g/mol. The fourth-order valence-corrected chi connectivity index (χ4v) is 3.37. The van der Waals surface area contributed by atoms with Gasteiger partial charge in [-0.05, 0) is 35.5 Å². The number of nitrogens with one attached hydrogen (secondary N) is 1. The van der Waals surface area contributed by atoms with Crippen LogP contribution in [0.25, 0.3) is 0 Å². The third-order valence-corrected chi connectivity index (χ3v) is 4.76. The van der Waals surface area contributed by atoms with E-state index in [9.17, 15) is 13.6 Å². The van der Waals surface area contributed by atoms with Crippen LogP contribution in [0.4, 0.5) is 8.78 Å². The minimum absolute atomic E-state index is 0.109. The number of carbonyl (C=O) groups is 1. The van der Waals surface area contributed by atoms with E-state index in [1.54, 1.807) is 17.4 Å². The van der Waals surface area contributed by atoms with E-state index in [0.717, 1.165) is 18.7 Å². The molecule has 130 valence electrons. The minimum atomic E-state index is -3.54. The lowest BCUT2D eigenvalue weighted by Crippen LogP contribution is -2.43. The number of hydrogen-bond donors (Lipinski definition) is 1. The average Bonchev–Trinajstić information content (AvgIpc) is 3.13. The van der Waals surface area contributed by atoms with Crippen molar-refractivity contribution in [3.63, 3.8) is 0 Å². The second-order valence-corrected chi connectivity index (χ2v) is 6.22. The van der Waals surface area contributed by atoms with Crippen LogP contribution in [0.3, 0.4) is 0 Å². The van der Waals surface area contributed by atoms with Gasteiger partial charge in [0, 0.05) is 12.1 Å². The summed E-state index contributed by atoms with van der Waals surface area (Å²) in [4.78, 5) is 14.2. The van der Waals surface area contributed by atoms with Gasteiger partial charge in [-0.15, -0.1) is 0 Å². The Kier molecular flexibility index (Phi) is 6.45. The molecule has 0 fully saturated rings. The van der Waals surface area contributed by atoms with E-state index in [1.165, 1.54) is 24.3 Å². The molecule has 0 radical (unpaired) electrons. The zero-order valence-electron chi connectivity index (χ0n) is 13.8. The molecule has 1 aromatic carbocycles. The number of alkyl halides is 2. The van der Waals surface area contributed by atoms with Gasteiger partial charge in [-0.1, -0.05) is 44.2 Å². The van der Waals surface area contributed by atoms with E-state index >= 15 is 0 Å². The normalized spacial score (nSPS) is 13.0. The SMILES string of the molecule is CCN(CC)[C@H](CNC(=O)C(F)(F)c1ccccc1)c1ccsc1. The molecule has 2 rings (SSSR count). The second-order valence-electron chi connectivity index (χ2n) is 5.44. The summed E-state index contributed by atoms with van der Waals surface area (Å²) in [6.07, 6.45) is 0. The highest BCUT2D eigenvalue weighted by Crippen LogP contribution is 2.28. The first-order valence-electron chi connectivity index (χ1n) is 7.98. The molecule has 0 unspecified atom stereocenters. The van der Waals surface area contributed by atoms with Gasteiger partial charge >= 0.3 is 5.92 Å². The maximum Gasteiger partial charge on any atom is 0.349 e. The van der Waals surface area contributed by atoms with Crippen LogP contribution in [0.15, 0.2) is 47.2 Å². The lowest BCUT2D eigenvalue weighted by atomic mass is 10.1. The van der Waals surface area contributed by atoms with Crippen LogP contribution in [0.5, 0.6) is 0 Å². The first-order valence-corrected chi connectivity index (χ1v) is 8.92. The first kappa shape index (κ1) is 18.5. The van der Waals surface area contributed by atoms with E-state index in [4.69, 9.17) is 0 Å². The summed E-state index contributed by atoms with van der Waals surface area (Å²) < 4.78 is 28.6. The molecule has 0 aliphatic carbocycles. The molecule has 0 aliphatic rings. The van der Waals surface area contributed by atoms with Crippen LogP contribution in [0, 0.1) is 0 Å². The highest BCUT2D eigenvalue weighted by atomic mass is 32.1. The molecule has 0 bridgehead atoms. The molecule has 1 aromatic heterocycles. The number of amides is 1.